The predicted molar refractivity (Wildman–Crippen MR) is 56.4 cm³/mol. The van der Waals surface area contributed by atoms with Crippen LogP contribution in [0.2, 0.25) is 0 Å². The van der Waals surface area contributed by atoms with E-state index in [-0.39, 0.29) is 6.42 Å². The summed E-state index contributed by atoms with van der Waals surface area (Å²) >= 11 is 3.66. The highest BCUT2D eigenvalue weighted by Crippen LogP contribution is 2.33. The Bertz CT molecular complexity index is 171. The highest BCUT2D eigenvalue weighted by molar-refractivity contribution is 8.08. The lowest BCUT2D eigenvalue weighted by Crippen LogP contribution is -2.13. The minimum atomic E-state index is -0.832. The first-order chi connectivity index (χ1) is 6.18. The van der Waals surface area contributed by atoms with Crippen LogP contribution >= 0.6 is 23.5 Å². The Kier molecular flexibility index (Phi) is 4.98. The molecule has 1 aliphatic heterocycles. The zero-order valence-corrected chi connectivity index (χ0v) is 8.94. The monoisotopic (exact) mass is 222 g/mol. The summed E-state index contributed by atoms with van der Waals surface area (Å²) in [5.74, 6) is 2.18. The zero-order valence-electron chi connectivity index (χ0n) is 7.31. The van der Waals surface area contributed by atoms with Crippen LogP contribution in [0.5, 0.6) is 0 Å². The van der Waals surface area contributed by atoms with Crippen molar-refractivity contribution in [3.63, 3.8) is 0 Å². The summed E-state index contributed by atoms with van der Waals surface area (Å²) in [6.45, 7) is 0. The lowest BCUT2D eigenvalue weighted by atomic mass is 10.2. The lowest BCUT2D eigenvalue weighted by molar-refractivity contribution is -0.137. The summed E-state index contributed by atoms with van der Waals surface area (Å²) in [6, 6.07) is 0. The van der Waals surface area contributed by atoms with Gasteiger partial charge in [-0.3, -0.25) is 4.79 Å². The fourth-order valence-electron chi connectivity index (χ4n) is 0.873. The number of aliphatic hydroxyl groups is 1. The number of aliphatic carboxylic acids is 1. The molecule has 13 heavy (non-hydrogen) atoms. The Balaban J connectivity index is 1.89. The number of thioether (sulfide) groups is 2. The van der Waals surface area contributed by atoms with E-state index < -0.39 is 12.1 Å². The van der Waals surface area contributed by atoms with E-state index in [0.29, 0.717) is 12.2 Å². The number of aliphatic hydroxyl groups excluding tert-OH is 1. The molecule has 0 aromatic heterocycles. The molecular weight excluding hydrogens is 208 g/mol. The first-order valence-corrected chi connectivity index (χ1v) is 6.48. The molecule has 1 saturated heterocycles. The van der Waals surface area contributed by atoms with Gasteiger partial charge in [-0.15, -0.1) is 0 Å². The molecular formula is C8H14O3S2. The van der Waals surface area contributed by atoms with E-state index >= 15 is 0 Å². The molecule has 0 saturated carbocycles. The molecule has 1 rings (SSSR count). The van der Waals surface area contributed by atoms with Gasteiger partial charge in [0, 0.05) is 28.9 Å². The van der Waals surface area contributed by atoms with Crippen LogP contribution in [0.4, 0.5) is 0 Å². The molecule has 0 spiro atoms. The summed E-state index contributed by atoms with van der Waals surface area (Å²) in [6.07, 6.45) is -0.00935. The van der Waals surface area contributed by atoms with Crippen molar-refractivity contribution in [3.05, 3.63) is 0 Å². The Morgan fingerprint density at radius 3 is 2.92 bits per heavy atom. The van der Waals surface area contributed by atoms with E-state index in [9.17, 15) is 9.90 Å². The van der Waals surface area contributed by atoms with Crippen molar-refractivity contribution >= 4 is 29.5 Å². The summed E-state index contributed by atoms with van der Waals surface area (Å²) in [4.78, 5) is 10.2. The third-order valence-corrected chi connectivity index (χ3v) is 4.15. The molecule has 1 fully saturated rings. The van der Waals surface area contributed by atoms with Gasteiger partial charge in [-0.2, -0.15) is 23.5 Å². The summed E-state index contributed by atoms with van der Waals surface area (Å²) in [7, 11) is 0. The van der Waals surface area contributed by atoms with Gasteiger partial charge in [-0.1, -0.05) is 0 Å². The van der Waals surface area contributed by atoms with Gasteiger partial charge in [0.2, 0.25) is 0 Å². The van der Waals surface area contributed by atoms with Crippen molar-refractivity contribution in [2.75, 3.05) is 17.3 Å². The molecule has 0 radical (unpaired) electrons. The van der Waals surface area contributed by atoms with Crippen molar-refractivity contribution in [2.24, 2.45) is 0 Å². The second kappa shape index (κ2) is 5.78. The molecule has 5 heteroatoms. The molecule has 2 unspecified atom stereocenters. The summed E-state index contributed by atoms with van der Waals surface area (Å²) < 4.78 is 0. The van der Waals surface area contributed by atoms with Gasteiger partial charge >= 0.3 is 5.97 Å². The molecule has 76 valence electrons. The fraction of sp³-hybridized carbons (Fsp3) is 0.875. The third-order valence-electron chi connectivity index (χ3n) is 1.71. The smallest absolute Gasteiger partial charge is 0.303 e. The normalized spacial score (nSPS) is 22.7. The second-order valence-corrected chi connectivity index (χ2v) is 5.49. The Morgan fingerprint density at radius 2 is 2.38 bits per heavy atom. The van der Waals surface area contributed by atoms with Gasteiger partial charge in [0.25, 0.3) is 0 Å². The van der Waals surface area contributed by atoms with Gasteiger partial charge in [-0.05, 0) is 6.42 Å². The molecule has 0 aliphatic carbocycles. The van der Waals surface area contributed by atoms with E-state index in [1.54, 1.807) is 11.8 Å². The molecule has 0 aromatic carbocycles. The van der Waals surface area contributed by atoms with Crippen LogP contribution in [0.25, 0.3) is 0 Å². The number of carboxylic acids is 1. The van der Waals surface area contributed by atoms with E-state index in [2.05, 4.69) is 0 Å². The minimum Gasteiger partial charge on any atom is -0.481 e. The van der Waals surface area contributed by atoms with Crippen LogP contribution in [-0.2, 0) is 4.79 Å². The van der Waals surface area contributed by atoms with Crippen molar-refractivity contribution < 1.29 is 15.0 Å². The first kappa shape index (κ1) is 11.2. The van der Waals surface area contributed by atoms with Crippen LogP contribution in [0.1, 0.15) is 12.8 Å². The van der Waals surface area contributed by atoms with Crippen molar-refractivity contribution in [1.82, 2.24) is 0 Å². The van der Waals surface area contributed by atoms with Gasteiger partial charge in [0.15, 0.2) is 0 Å². The van der Waals surface area contributed by atoms with Crippen LogP contribution in [-0.4, -0.2) is 44.8 Å². The van der Waals surface area contributed by atoms with Crippen LogP contribution in [0.3, 0.4) is 0 Å². The number of hydrogen-bond acceptors (Lipinski definition) is 4. The number of carbonyl (C=O) groups is 1. The maximum Gasteiger partial charge on any atom is 0.303 e. The maximum atomic E-state index is 10.2. The van der Waals surface area contributed by atoms with E-state index in [1.165, 1.54) is 5.75 Å². The molecule has 0 aromatic rings. The van der Waals surface area contributed by atoms with Gasteiger partial charge in [0.05, 0.1) is 6.10 Å². The average molecular weight is 222 g/mol. The predicted octanol–water partition coefficient (Wildman–Crippen LogP) is 1.06. The Labute approximate surface area is 86.3 Å². The zero-order chi connectivity index (χ0) is 9.68. The highest BCUT2D eigenvalue weighted by atomic mass is 32.2. The van der Waals surface area contributed by atoms with E-state index in [1.807, 2.05) is 11.8 Å². The van der Waals surface area contributed by atoms with Crippen molar-refractivity contribution in [1.29, 1.82) is 0 Å². The summed E-state index contributed by atoms with van der Waals surface area (Å²) in [5, 5.41) is 18.5. The maximum absolute atomic E-state index is 10.2. The quantitative estimate of drug-likeness (QED) is 0.631. The van der Waals surface area contributed by atoms with Crippen molar-refractivity contribution in [3.8, 4) is 0 Å². The average Bonchev–Trinajstić information content (AvgIpc) is 2.84. The number of hydrogen-bond donors (Lipinski definition) is 2. The third kappa shape index (κ3) is 6.23. The minimum absolute atomic E-state index is 0.0694. The Hall–Kier alpha value is 0.130. The molecule has 3 nitrogen and oxygen atoms in total. The molecule has 0 amide bonds. The fourth-order valence-corrected chi connectivity index (χ4v) is 2.91. The molecule has 2 atom stereocenters. The molecule has 0 bridgehead atoms. The molecule has 2 N–H and O–H groups in total. The second-order valence-electron chi connectivity index (χ2n) is 3.08. The van der Waals surface area contributed by atoms with Gasteiger partial charge in [0.1, 0.15) is 0 Å². The van der Waals surface area contributed by atoms with Crippen molar-refractivity contribution in [2.45, 2.75) is 24.2 Å². The van der Waals surface area contributed by atoms with E-state index in [4.69, 9.17) is 5.11 Å². The molecule has 1 aliphatic rings. The van der Waals surface area contributed by atoms with Crippen LogP contribution in [0, 0.1) is 0 Å². The van der Waals surface area contributed by atoms with Crippen LogP contribution in [0.15, 0.2) is 0 Å². The van der Waals surface area contributed by atoms with E-state index in [0.717, 1.165) is 11.0 Å². The summed E-state index contributed by atoms with van der Waals surface area (Å²) in [5.41, 5.74) is 0. The number of rotatable bonds is 7. The van der Waals surface area contributed by atoms with Gasteiger partial charge < -0.3 is 10.2 Å². The highest BCUT2D eigenvalue weighted by Gasteiger charge is 2.22. The topological polar surface area (TPSA) is 57.5 Å². The first-order valence-electron chi connectivity index (χ1n) is 4.27. The molecule has 1 heterocycles. The Morgan fingerprint density at radius 1 is 1.69 bits per heavy atom. The number of carboxylic acid groups (broad SMARTS) is 1. The van der Waals surface area contributed by atoms with Crippen LogP contribution < -0.4 is 0 Å². The van der Waals surface area contributed by atoms with Gasteiger partial charge in [-0.25, -0.2) is 0 Å². The lowest BCUT2D eigenvalue weighted by Gasteiger charge is -2.07. The standard InChI is InChI=1S/C8H14O3S2/c9-6(1-2-8(10)11)3-12-4-7-5-13-7/h6-7,9H,1-5H2,(H,10,11). The largest absolute Gasteiger partial charge is 0.481 e. The SMILES string of the molecule is O=C(O)CCC(O)CSCC1CS1.